The first kappa shape index (κ1) is 26.3. The highest BCUT2D eigenvalue weighted by Gasteiger charge is 1.90. The van der Waals surface area contributed by atoms with E-state index in [1.807, 2.05) is 0 Å². The zero-order valence-electron chi connectivity index (χ0n) is 15.5. The summed E-state index contributed by atoms with van der Waals surface area (Å²) in [5, 5.41) is 10.0. The van der Waals surface area contributed by atoms with Gasteiger partial charge in [-0.1, -0.05) is 72.1 Å². The predicted molar refractivity (Wildman–Crippen MR) is 94.2 cm³/mol. The number of carbonyl (C=O) groups is 1. The van der Waals surface area contributed by atoms with E-state index in [0.29, 0.717) is 0 Å². The van der Waals surface area contributed by atoms with Crippen molar-refractivity contribution in [2.45, 2.75) is 97.8 Å². The van der Waals surface area contributed by atoms with E-state index in [2.05, 4.69) is 26.5 Å². The molecule has 0 fully saturated rings. The number of rotatable bonds is 12. The van der Waals surface area contributed by atoms with E-state index in [9.17, 15) is 9.90 Å². The standard InChI is InChI=1S/C10H20O2.2C4H11N/c1-2-3-4-5-6-7-8-9-10(11)12;2*1-2-3-4-5/h2-9H2,1H3,(H,11,12);2*2-5H2,1H3. The summed E-state index contributed by atoms with van der Waals surface area (Å²) in [6.07, 6.45) is 13.3. The topological polar surface area (TPSA) is 93.8 Å². The Bertz CT molecular complexity index is 178. The van der Waals surface area contributed by atoms with Crippen LogP contribution in [-0.4, -0.2) is 19.1 Å². The van der Waals surface area contributed by atoms with E-state index in [1.165, 1.54) is 57.8 Å². The second-order valence-electron chi connectivity index (χ2n) is 5.59. The maximum atomic E-state index is 10.0. The number of carbonyl (C=O) groups excluding carboxylic acids is 1. The lowest BCUT2D eigenvalue weighted by Gasteiger charge is -2.01. The molecular formula is C18H42N2O2. The van der Waals surface area contributed by atoms with Gasteiger partial charge in [0.15, 0.2) is 0 Å². The number of nitrogens with two attached hydrogens (primary N) is 1. The molecule has 0 aromatic heterocycles. The molecule has 0 saturated carbocycles. The third kappa shape index (κ3) is 42.7. The van der Waals surface area contributed by atoms with Gasteiger partial charge in [-0.2, -0.15) is 0 Å². The summed E-state index contributed by atoms with van der Waals surface area (Å²) in [6, 6.07) is 0. The van der Waals surface area contributed by atoms with E-state index < -0.39 is 5.97 Å². The van der Waals surface area contributed by atoms with Gasteiger partial charge < -0.3 is 21.4 Å². The van der Waals surface area contributed by atoms with Crippen molar-refractivity contribution in [1.29, 1.82) is 0 Å². The Hall–Kier alpha value is -0.610. The fraction of sp³-hybridized carbons (Fsp3) is 0.944. The lowest BCUT2D eigenvalue weighted by atomic mass is 10.1. The highest BCUT2D eigenvalue weighted by Crippen LogP contribution is 2.07. The van der Waals surface area contributed by atoms with Gasteiger partial charge in [0.2, 0.25) is 0 Å². The fourth-order valence-electron chi connectivity index (χ4n) is 1.68. The van der Waals surface area contributed by atoms with Crippen LogP contribution in [0, 0.1) is 0 Å². The Morgan fingerprint density at radius 3 is 1.55 bits per heavy atom. The maximum absolute atomic E-state index is 10.0. The molecule has 0 atom stereocenters. The second-order valence-corrected chi connectivity index (χ2v) is 5.59. The Morgan fingerprint density at radius 2 is 1.27 bits per heavy atom. The zero-order chi connectivity index (χ0) is 17.5. The van der Waals surface area contributed by atoms with Crippen molar-refractivity contribution in [3.8, 4) is 0 Å². The molecule has 0 bridgehead atoms. The highest BCUT2D eigenvalue weighted by atomic mass is 16.4. The van der Waals surface area contributed by atoms with Crippen LogP contribution in [0.4, 0.5) is 0 Å². The van der Waals surface area contributed by atoms with E-state index in [1.54, 1.807) is 0 Å². The van der Waals surface area contributed by atoms with Crippen LogP contribution in [0.15, 0.2) is 0 Å². The molecule has 0 aromatic rings. The second kappa shape index (κ2) is 28.5. The van der Waals surface area contributed by atoms with Gasteiger partial charge >= 0.3 is 0 Å². The van der Waals surface area contributed by atoms with E-state index >= 15 is 0 Å². The van der Waals surface area contributed by atoms with Gasteiger partial charge in [-0.25, -0.2) is 0 Å². The molecule has 0 unspecified atom stereocenters. The first-order valence-corrected chi connectivity index (χ1v) is 9.29. The first-order valence-electron chi connectivity index (χ1n) is 9.29. The van der Waals surface area contributed by atoms with Crippen LogP contribution in [0.5, 0.6) is 0 Å². The summed E-state index contributed by atoms with van der Waals surface area (Å²) in [5.74, 6) is -0.913. The Balaban J connectivity index is -0.000000298. The van der Waals surface area contributed by atoms with Crippen molar-refractivity contribution in [3.63, 3.8) is 0 Å². The lowest BCUT2D eigenvalue weighted by Crippen LogP contribution is -2.49. The van der Waals surface area contributed by atoms with Gasteiger partial charge in [-0.05, 0) is 32.2 Å². The molecule has 0 rings (SSSR count). The van der Waals surface area contributed by atoms with Gasteiger partial charge in [0.05, 0.1) is 6.54 Å². The van der Waals surface area contributed by atoms with Gasteiger partial charge in [0.1, 0.15) is 0 Å². The van der Waals surface area contributed by atoms with Crippen molar-refractivity contribution in [2.75, 3.05) is 13.1 Å². The molecule has 5 N–H and O–H groups in total. The Labute approximate surface area is 139 Å². The summed E-state index contributed by atoms with van der Waals surface area (Å²) in [6.45, 7) is 8.43. The number of quaternary nitrogens is 1. The molecule has 4 heteroatoms. The number of carboxylic acids is 1. The minimum absolute atomic E-state index is 0.230. The molecule has 22 heavy (non-hydrogen) atoms. The highest BCUT2D eigenvalue weighted by molar-refractivity contribution is 5.63. The number of carboxylic acid groups (broad SMARTS) is 1. The van der Waals surface area contributed by atoms with Crippen LogP contribution < -0.4 is 16.6 Å². The SMILES string of the molecule is CCCCCCCCCC(=O)[O-].CCCCN.CCCC[NH3+]. The molecule has 136 valence electrons. The molecule has 0 aliphatic heterocycles. The number of hydrogen-bond acceptors (Lipinski definition) is 3. The summed E-state index contributed by atoms with van der Waals surface area (Å²) < 4.78 is 0. The molecule has 0 spiro atoms. The molecule has 0 aliphatic rings. The minimum atomic E-state index is -0.913. The molecule has 0 aliphatic carbocycles. The molecule has 4 nitrogen and oxygen atoms in total. The van der Waals surface area contributed by atoms with E-state index in [0.717, 1.165) is 25.9 Å². The summed E-state index contributed by atoms with van der Waals surface area (Å²) >= 11 is 0. The first-order chi connectivity index (χ1) is 10.6. The average molecular weight is 319 g/mol. The third-order valence-corrected chi connectivity index (χ3v) is 3.15. The summed E-state index contributed by atoms with van der Waals surface area (Å²) in [5.41, 5.74) is 8.81. The minimum Gasteiger partial charge on any atom is -0.550 e. The normalized spacial score (nSPS) is 9.32. The smallest absolute Gasteiger partial charge is 0.0739 e. The fourth-order valence-corrected chi connectivity index (χ4v) is 1.68. The van der Waals surface area contributed by atoms with Gasteiger partial charge in [0, 0.05) is 5.97 Å². The van der Waals surface area contributed by atoms with Crippen molar-refractivity contribution < 1.29 is 15.6 Å². The summed E-state index contributed by atoms with van der Waals surface area (Å²) in [7, 11) is 0. The lowest BCUT2D eigenvalue weighted by molar-refractivity contribution is -0.368. The van der Waals surface area contributed by atoms with E-state index in [4.69, 9.17) is 5.73 Å². The molecule has 0 saturated heterocycles. The number of aliphatic carboxylic acids is 1. The van der Waals surface area contributed by atoms with Crippen LogP contribution in [0.1, 0.15) is 97.8 Å². The quantitative estimate of drug-likeness (QED) is 0.542. The molecule has 0 heterocycles. The predicted octanol–water partition coefficient (Wildman–Crippen LogP) is 2.65. The molecule has 0 aromatic carbocycles. The van der Waals surface area contributed by atoms with Crippen LogP contribution >= 0.6 is 0 Å². The van der Waals surface area contributed by atoms with Crippen LogP contribution in [0.3, 0.4) is 0 Å². The molecular weight excluding hydrogens is 276 g/mol. The molecule has 0 amide bonds. The third-order valence-electron chi connectivity index (χ3n) is 3.15. The molecule has 0 radical (unpaired) electrons. The van der Waals surface area contributed by atoms with Crippen molar-refractivity contribution in [2.24, 2.45) is 5.73 Å². The monoisotopic (exact) mass is 318 g/mol. The van der Waals surface area contributed by atoms with Crippen molar-refractivity contribution >= 4 is 5.97 Å². The largest absolute Gasteiger partial charge is 0.550 e. The van der Waals surface area contributed by atoms with Crippen LogP contribution in [0.25, 0.3) is 0 Å². The Kier molecular flexibility index (Phi) is 34.1. The van der Waals surface area contributed by atoms with Crippen molar-refractivity contribution in [3.05, 3.63) is 0 Å². The van der Waals surface area contributed by atoms with Crippen LogP contribution in [-0.2, 0) is 4.79 Å². The Morgan fingerprint density at radius 1 is 0.818 bits per heavy atom. The maximum Gasteiger partial charge on any atom is 0.0739 e. The van der Waals surface area contributed by atoms with Gasteiger partial charge in [0.25, 0.3) is 0 Å². The van der Waals surface area contributed by atoms with Crippen molar-refractivity contribution in [1.82, 2.24) is 0 Å². The summed E-state index contributed by atoms with van der Waals surface area (Å²) in [4.78, 5) is 10.0. The number of unbranched alkanes of at least 4 members (excludes halogenated alkanes) is 8. The average Bonchev–Trinajstić information content (AvgIpc) is 2.49. The van der Waals surface area contributed by atoms with E-state index in [-0.39, 0.29) is 6.42 Å². The number of hydrogen-bond donors (Lipinski definition) is 2. The van der Waals surface area contributed by atoms with Crippen LogP contribution in [0.2, 0.25) is 0 Å². The van der Waals surface area contributed by atoms with Gasteiger partial charge in [-0.3, -0.25) is 0 Å². The zero-order valence-corrected chi connectivity index (χ0v) is 15.5. The van der Waals surface area contributed by atoms with Gasteiger partial charge in [-0.15, -0.1) is 0 Å².